The molecule has 0 aliphatic carbocycles. The minimum absolute atomic E-state index is 0.0735. The number of aryl methyl sites for hydroxylation is 1. The van der Waals surface area contributed by atoms with Gasteiger partial charge in [0.1, 0.15) is 5.69 Å². The van der Waals surface area contributed by atoms with E-state index in [1.807, 2.05) is 10.8 Å². The first kappa shape index (κ1) is 13.0. The number of carbonyl (C=O) groups is 1. The van der Waals surface area contributed by atoms with Crippen LogP contribution in [-0.2, 0) is 11.3 Å². The molecule has 0 bridgehead atoms. The zero-order chi connectivity index (χ0) is 13.0. The summed E-state index contributed by atoms with van der Waals surface area (Å²) < 4.78 is 7.38. The SMILES string of the molecule is CCCn1cc(N)cc1C(=O)NCC1CCCO1. The lowest BCUT2D eigenvalue weighted by Crippen LogP contribution is -2.33. The standard InChI is InChI=1S/C13H21N3O2/c1-2-5-16-9-10(14)7-12(16)13(17)15-8-11-4-3-6-18-11/h7,9,11H,2-6,8,14H2,1H3,(H,15,17). The van der Waals surface area contributed by atoms with E-state index in [0.29, 0.717) is 17.9 Å². The van der Waals surface area contributed by atoms with Crippen LogP contribution in [0.25, 0.3) is 0 Å². The minimum Gasteiger partial charge on any atom is -0.397 e. The molecule has 0 saturated carbocycles. The maximum atomic E-state index is 12.1. The second kappa shape index (κ2) is 5.91. The Balaban J connectivity index is 1.94. The Morgan fingerprint density at radius 1 is 1.67 bits per heavy atom. The van der Waals surface area contributed by atoms with Crippen LogP contribution >= 0.6 is 0 Å². The first-order chi connectivity index (χ1) is 8.70. The summed E-state index contributed by atoms with van der Waals surface area (Å²) in [5, 5.41) is 2.91. The van der Waals surface area contributed by atoms with Crippen LogP contribution < -0.4 is 11.1 Å². The molecule has 1 aromatic heterocycles. The van der Waals surface area contributed by atoms with Crippen molar-refractivity contribution in [2.75, 3.05) is 18.9 Å². The van der Waals surface area contributed by atoms with E-state index in [4.69, 9.17) is 10.5 Å². The van der Waals surface area contributed by atoms with Crippen molar-refractivity contribution >= 4 is 11.6 Å². The molecular formula is C13H21N3O2. The molecule has 1 atom stereocenters. The monoisotopic (exact) mass is 251 g/mol. The molecule has 3 N–H and O–H groups in total. The molecule has 1 aliphatic rings. The number of carbonyl (C=O) groups excluding carboxylic acids is 1. The largest absolute Gasteiger partial charge is 0.397 e. The van der Waals surface area contributed by atoms with Crippen molar-refractivity contribution in [2.24, 2.45) is 0 Å². The van der Waals surface area contributed by atoms with Crippen LogP contribution in [0, 0.1) is 0 Å². The Morgan fingerprint density at radius 2 is 2.50 bits per heavy atom. The van der Waals surface area contributed by atoms with Crippen molar-refractivity contribution < 1.29 is 9.53 Å². The molecule has 1 saturated heterocycles. The van der Waals surface area contributed by atoms with Crippen LogP contribution in [0.4, 0.5) is 5.69 Å². The van der Waals surface area contributed by atoms with Gasteiger partial charge in [0.25, 0.3) is 5.91 Å². The number of amides is 1. The van der Waals surface area contributed by atoms with Gasteiger partial charge in [0.05, 0.1) is 11.8 Å². The molecule has 1 amide bonds. The van der Waals surface area contributed by atoms with Crippen LogP contribution in [0.3, 0.4) is 0 Å². The summed E-state index contributed by atoms with van der Waals surface area (Å²) in [7, 11) is 0. The van der Waals surface area contributed by atoms with Gasteiger partial charge in [-0.1, -0.05) is 6.92 Å². The summed E-state index contributed by atoms with van der Waals surface area (Å²) in [6.45, 7) is 4.26. The Bertz CT molecular complexity index is 408. The maximum absolute atomic E-state index is 12.1. The van der Waals surface area contributed by atoms with Gasteiger partial charge in [-0.05, 0) is 25.3 Å². The van der Waals surface area contributed by atoms with Gasteiger partial charge in [-0.3, -0.25) is 4.79 Å². The fraction of sp³-hybridized carbons (Fsp3) is 0.615. The molecule has 1 aromatic rings. The normalized spacial score (nSPS) is 19.1. The highest BCUT2D eigenvalue weighted by Gasteiger charge is 2.18. The average Bonchev–Trinajstić information content (AvgIpc) is 2.96. The van der Waals surface area contributed by atoms with E-state index in [0.717, 1.165) is 32.4 Å². The third-order valence-corrected chi connectivity index (χ3v) is 3.13. The number of hydrogen-bond acceptors (Lipinski definition) is 3. The molecule has 1 aliphatic heterocycles. The van der Waals surface area contributed by atoms with Gasteiger partial charge in [-0.2, -0.15) is 0 Å². The number of aromatic nitrogens is 1. The summed E-state index contributed by atoms with van der Waals surface area (Å²) in [4.78, 5) is 12.1. The van der Waals surface area contributed by atoms with Crippen LogP contribution in [0.2, 0.25) is 0 Å². The molecule has 2 heterocycles. The van der Waals surface area contributed by atoms with Crippen molar-refractivity contribution in [3.05, 3.63) is 18.0 Å². The zero-order valence-electron chi connectivity index (χ0n) is 10.8. The van der Waals surface area contributed by atoms with Gasteiger partial charge in [-0.15, -0.1) is 0 Å². The summed E-state index contributed by atoms with van der Waals surface area (Å²) in [6, 6.07) is 1.72. The predicted molar refractivity (Wildman–Crippen MR) is 70.4 cm³/mol. The van der Waals surface area contributed by atoms with Crippen molar-refractivity contribution in [3.63, 3.8) is 0 Å². The maximum Gasteiger partial charge on any atom is 0.268 e. The van der Waals surface area contributed by atoms with Crippen molar-refractivity contribution in [3.8, 4) is 0 Å². The number of hydrogen-bond donors (Lipinski definition) is 2. The third-order valence-electron chi connectivity index (χ3n) is 3.13. The van der Waals surface area contributed by atoms with Gasteiger partial charge in [0, 0.05) is 25.9 Å². The Labute approximate surface area is 107 Å². The average molecular weight is 251 g/mol. The second-order valence-electron chi connectivity index (χ2n) is 4.70. The highest BCUT2D eigenvalue weighted by molar-refractivity contribution is 5.93. The van der Waals surface area contributed by atoms with Gasteiger partial charge in [0.15, 0.2) is 0 Å². The van der Waals surface area contributed by atoms with Gasteiger partial charge in [-0.25, -0.2) is 0 Å². The summed E-state index contributed by atoms with van der Waals surface area (Å²) in [6.07, 6.45) is 5.06. The van der Waals surface area contributed by atoms with Gasteiger partial charge in [0.2, 0.25) is 0 Å². The molecule has 1 fully saturated rings. The lowest BCUT2D eigenvalue weighted by molar-refractivity contribution is 0.0850. The lowest BCUT2D eigenvalue weighted by atomic mass is 10.2. The van der Waals surface area contributed by atoms with Crippen LogP contribution in [0.5, 0.6) is 0 Å². The van der Waals surface area contributed by atoms with E-state index in [1.54, 1.807) is 6.07 Å². The van der Waals surface area contributed by atoms with Crippen molar-refractivity contribution in [1.82, 2.24) is 9.88 Å². The first-order valence-electron chi connectivity index (χ1n) is 6.56. The summed E-state index contributed by atoms with van der Waals surface area (Å²) in [5.74, 6) is -0.0735. The molecule has 0 radical (unpaired) electrons. The quantitative estimate of drug-likeness (QED) is 0.831. The van der Waals surface area contributed by atoms with E-state index in [2.05, 4.69) is 12.2 Å². The molecule has 100 valence electrons. The number of anilines is 1. The third kappa shape index (κ3) is 3.04. The number of nitrogen functional groups attached to an aromatic ring is 1. The van der Waals surface area contributed by atoms with Crippen molar-refractivity contribution in [1.29, 1.82) is 0 Å². The molecule has 0 spiro atoms. The highest BCUT2D eigenvalue weighted by atomic mass is 16.5. The molecule has 5 nitrogen and oxygen atoms in total. The number of nitrogens with one attached hydrogen (secondary N) is 1. The first-order valence-corrected chi connectivity index (χ1v) is 6.56. The molecule has 0 aromatic carbocycles. The highest BCUT2D eigenvalue weighted by Crippen LogP contribution is 2.13. The van der Waals surface area contributed by atoms with Gasteiger partial charge >= 0.3 is 0 Å². The molecular weight excluding hydrogens is 230 g/mol. The minimum atomic E-state index is -0.0735. The van der Waals surface area contributed by atoms with E-state index in [9.17, 15) is 4.79 Å². The summed E-state index contributed by atoms with van der Waals surface area (Å²) >= 11 is 0. The van der Waals surface area contributed by atoms with Crippen molar-refractivity contribution in [2.45, 2.75) is 38.8 Å². The lowest BCUT2D eigenvalue weighted by Gasteiger charge is -2.12. The number of rotatable bonds is 5. The Hall–Kier alpha value is -1.49. The fourth-order valence-corrected chi connectivity index (χ4v) is 2.25. The number of nitrogens with two attached hydrogens (primary N) is 1. The molecule has 2 rings (SSSR count). The predicted octanol–water partition coefficient (Wildman–Crippen LogP) is 1.39. The Kier molecular flexibility index (Phi) is 4.25. The van der Waals surface area contributed by atoms with E-state index in [1.165, 1.54) is 0 Å². The number of ether oxygens (including phenoxy) is 1. The zero-order valence-corrected chi connectivity index (χ0v) is 10.8. The number of nitrogens with zero attached hydrogens (tertiary/aromatic N) is 1. The van der Waals surface area contributed by atoms with Crippen LogP contribution in [0.15, 0.2) is 12.3 Å². The topological polar surface area (TPSA) is 69.3 Å². The molecule has 1 unspecified atom stereocenters. The van der Waals surface area contributed by atoms with E-state index >= 15 is 0 Å². The fourth-order valence-electron chi connectivity index (χ4n) is 2.25. The second-order valence-corrected chi connectivity index (χ2v) is 4.70. The molecule has 18 heavy (non-hydrogen) atoms. The van der Waals surface area contributed by atoms with E-state index in [-0.39, 0.29) is 12.0 Å². The summed E-state index contributed by atoms with van der Waals surface area (Å²) in [5.41, 5.74) is 7.00. The van der Waals surface area contributed by atoms with Gasteiger partial charge < -0.3 is 20.4 Å². The smallest absolute Gasteiger partial charge is 0.268 e. The Morgan fingerprint density at radius 3 is 3.17 bits per heavy atom. The van der Waals surface area contributed by atoms with E-state index < -0.39 is 0 Å². The van der Waals surface area contributed by atoms with Crippen LogP contribution in [0.1, 0.15) is 36.7 Å². The molecule has 5 heteroatoms. The van der Waals surface area contributed by atoms with Crippen LogP contribution in [-0.4, -0.2) is 29.7 Å².